The third-order valence-electron chi connectivity index (χ3n) is 6.95. The topological polar surface area (TPSA) is 58.6 Å². The van der Waals surface area contributed by atoms with Gasteiger partial charge >= 0.3 is 6.09 Å². The van der Waals surface area contributed by atoms with Gasteiger partial charge in [-0.25, -0.2) is 4.79 Å². The molecule has 0 spiro atoms. The number of hydrogen-bond acceptors (Lipinski definition) is 3. The van der Waals surface area contributed by atoms with Gasteiger partial charge in [-0.2, -0.15) is 0 Å². The van der Waals surface area contributed by atoms with Gasteiger partial charge < -0.3 is 10.1 Å². The molecule has 4 saturated carbocycles. The zero-order chi connectivity index (χ0) is 17.7. The highest BCUT2D eigenvalue weighted by Crippen LogP contribution is 2.60. The smallest absolute Gasteiger partial charge is 0.414 e. The van der Waals surface area contributed by atoms with Crippen LogP contribution in [-0.2, 0) is 9.53 Å². The summed E-state index contributed by atoms with van der Waals surface area (Å²) in [4.78, 5) is 26.8. The van der Waals surface area contributed by atoms with Crippen molar-refractivity contribution in [1.82, 2.24) is 5.32 Å². The molecular weight excluding hydrogens is 328 g/mol. The van der Waals surface area contributed by atoms with Crippen LogP contribution in [0.3, 0.4) is 0 Å². The number of para-hydroxylation sites is 1. The lowest BCUT2D eigenvalue weighted by Crippen LogP contribution is -2.54. The molecule has 5 fully saturated rings. The number of amides is 2. The average Bonchev–Trinajstić information content (AvgIpc) is 3.00. The van der Waals surface area contributed by atoms with E-state index >= 15 is 0 Å². The first-order valence-electron chi connectivity index (χ1n) is 9.93. The summed E-state index contributed by atoms with van der Waals surface area (Å²) >= 11 is 0. The van der Waals surface area contributed by atoms with Gasteiger partial charge in [0.2, 0.25) is 5.91 Å². The number of ether oxygens (including phenoxy) is 1. The molecule has 5 nitrogen and oxygen atoms in total. The summed E-state index contributed by atoms with van der Waals surface area (Å²) in [6, 6.07) is 9.54. The number of benzene rings is 1. The van der Waals surface area contributed by atoms with Crippen molar-refractivity contribution in [3.05, 3.63) is 30.3 Å². The van der Waals surface area contributed by atoms with Crippen molar-refractivity contribution in [2.45, 2.75) is 44.6 Å². The van der Waals surface area contributed by atoms with Crippen LogP contribution in [0.2, 0.25) is 0 Å². The highest BCUT2D eigenvalue weighted by atomic mass is 16.6. The van der Waals surface area contributed by atoms with Gasteiger partial charge in [-0.1, -0.05) is 18.2 Å². The Kier molecular flexibility index (Phi) is 3.73. The molecule has 1 aromatic rings. The molecule has 5 heteroatoms. The van der Waals surface area contributed by atoms with E-state index in [0.29, 0.717) is 13.1 Å². The summed E-state index contributed by atoms with van der Waals surface area (Å²) in [6.45, 7) is 0.902. The minimum absolute atomic E-state index is 0.142. The third kappa shape index (κ3) is 2.68. The number of carbonyl (C=O) groups is 2. The molecule has 1 saturated heterocycles. The molecule has 26 heavy (non-hydrogen) atoms. The van der Waals surface area contributed by atoms with Crippen molar-refractivity contribution < 1.29 is 14.3 Å². The lowest BCUT2D eigenvalue weighted by atomic mass is 9.49. The Morgan fingerprint density at radius 2 is 1.69 bits per heavy atom. The average molecular weight is 354 g/mol. The first-order chi connectivity index (χ1) is 12.6. The molecule has 0 aromatic heterocycles. The first kappa shape index (κ1) is 16.2. The molecule has 1 aliphatic heterocycles. The predicted molar refractivity (Wildman–Crippen MR) is 97.7 cm³/mol. The van der Waals surface area contributed by atoms with Crippen LogP contribution in [0.15, 0.2) is 30.3 Å². The summed E-state index contributed by atoms with van der Waals surface area (Å²) in [7, 11) is 0. The Hall–Kier alpha value is -2.04. The number of rotatable bonds is 4. The van der Waals surface area contributed by atoms with E-state index in [4.69, 9.17) is 4.74 Å². The second kappa shape index (κ2) is 6.00. The van der Waals surface area contributed by atoms with E-state index in [9.17, 15) is 9.59 Å². The number of hydrogen-bond donors (Lipinski definition) is 1. The molecule has 1 atom stereocenters. The van der Waals surface area contributed by atoms with E-state index in [1.54, 1.807) is 4.90 Å². The van der Waals surface area contributed by atoms with Gasteiger partial charge in [0, 0.05) is 11.1 Å². The van der Waals surface area contributed by atoms with Crippen LogP contribution in [0.5, 0.6) is 0 Å². The van der Waals surface area contributed by atoms with Gasteiger partial charge in [-0.3, -0.25) is 9.69 Å². The molecule has 6 rings (SSSR count). The normalized spacial score (nSPS) is 37.7. The van der Waals surface area contributed by atoms with Gasteiger partial charge in [0.05, 0.1) is 13.1 Å². The Balaban J connectivity index is 1.21. The largest absolute Gasteiger partial charge is 0.442 e. The van der Waals surface area contributed by atoms with Gasteiger partial charge in [-0.05, 0) is 68.4 Å². The van der Waals surface area contributed by atoms with Crippen LogP contribution in [0.25, 0.3) is 0 Å². The van der Waals surface area contributed by atoms with Gasteiger partial charge in [0.15, 0.2) is 0 Å². The summed E-state index contributed by atoms with van der Waals surface area (Å²) in [6.07, 6.45) is 6.57. The van der Waals surface area contributed by atoms with Crippen molar-refractivity contribution in [3.8, 4) is 0 Å². The molecule has 5 aliphatic rings. The molecule has 1 heterocycles. The van der Waals surface area contributed by atoms with Crippen molar-refractivity contribution in [2.24, 2.45) is 23.2 Å². The Labute approximate surface area is 154 Å². The zero-order valence-corrected chi connectivity index (χ0v) is 15.0. The fourth-order valence-electron chi connectivity index (χ4n) is 6.23. The van der Waals surface area contributed by atoms with E-state index in [1.807, 2.05) is 30.3 Å². The Morgan fingerprint density at radius 1 is 1.08 bits per heavy atom. The number of nitrogens with zero attached hydrogens (tertiary/aromatic N) is 1. The highest BCUT2D eigenvalue weighted by Gasteiger charge is 2.54. The van der Waals surface area contributed by atoms with Crippen LogP contribution in [0.1, 0.15) is 38.5 Å². The molecule has 0 radical (unpaired) electrons. The zero-order valence-electron chi connectivity index (χ0n) is 15.0. The molecule has 2 amide bonds. The summed E-state index contributed by atoms with van der Waals surface area (Å²) < 4.78 is 5.47. The van der Waals surface area contributed by atoms with Crippen LogP contribution < -0.4 is 10.2 Å². The molecular formula is C21H26N2O3. The van der Waals surface area contributed by atoms with Crippen LogP contribution >= 0.6 is 0 Å². The number of nitrogens with one attached hydrogen (secondary N) is 1. The van der Waals surface area contributed by atoms with Crippen LogP contribution in [-0.4, -0.2) is 31.2 Å². The molecule has 4 aliphatic carbocycles. The predicted octanol–water partition coefficient (Wildman–Crippen LogP) is 3.34. The van der Waals surface area contributed by atoms with Crippen molar-refractivity contribution >= 4 is 17.7 Å². The molecule has 1 aromatic carbocycles. The molecule has 4 bridgehead atoms. The van der Waals surface area contributed by atoms with E-state index in [1.165, 1.54) is 19.3 Å². The first-order valence-corrected chi connectivity index (χ1v) is 9.93. The Morgan fingerprint density at radius 3 is 2.31 bits per heavy atom. The fraction of sp³-hybridized carbons (Fsp3) is 0.619. The van der Waals surface area contributed by atoms with Crippen molar-refractivity contribution in [3.63, 3.8) is 0 Å². The molecule has 138 valence electrons. The van der Waals surface area contributed by atoms with Crippen molar-refractivity contribution in [2.75, 3.05) is 18.0 Å². The number of carbonyl (C=O) groups excluding carboxylic acids is 2. The van der Waals surface area contributed by atoms with Crippen LogP contribution in [0, 0.1) is 23.2 Å². The summed E-state index contributed by atoms with van der Waals surface area (Å²) in [5.41, 5.74) is 0.698. The van der Waals surface area contributed by atoms with Crippen LogP contribution in [0.4, 0.5) is 10.5 Å². The maximum Gasteiger partial charge on any atom is 0.414 e. The minimum Gasteiger partial charge on any atom is -0.442 e. The summed E-state index contributed by atoms with van der Waals surface area (Å²) in [5.74, 6) is 2.46. The molecule has 1 N–H and O–H groups in total. The fourth-order valence-corrected chi connectivity index (χ4v) is 6.23. The Bertz CT molecular complexity index is 682. The van der Waals surface area contributed by atoms with Gasteiger partial charge in [0.1, 0.15) is 6.10 Å². The lowest BCUT2D eigenvalue weighted by Gasteiger charge is -2.55. The van der Waals surface area contributed by atoms with E-state index in [2.05, 4.69) is 5.32 Å². The number of cyclic esters (lactones) is 1. The summed E-state index contributed by atoms with van der Waals surface area (Å²) in [5, 5.41) is 3.13. The quantitative estimate of drug-likeness (QED) is 0.902. The molecule has 1 unspecified atom stereocenters. The second-order valence-corrected chi connectivity index (χ2v) is 8.86. The van der Waals surface area contributed by atoms with E-state index < -0.39 is 0 Å². The third-order valence-corrected chi connectivity index (χ3v) is 6.95. The standard InChI is InChI=1S/C21H26N2O3/c24-19(21-9-14-6-15(10-21)8-16(7-14)11-21)22-12-18-13-23(20(25)26-18)17-4-2-1-3-5-17/h1-5,14-16,18H,6-13H2,(H,22,24). The second-order valence-electron chi connectivity index (χ2n) is 8.86. The van der Waals surface area contributed by atoms with Crippen molar-refractivity contribution in [1.29, 1.82) is 0 Å². The SMILES string of the molecule is O=C1OC(CNC(=O)C23CC4CC(CC(C4)C2)C3)CN1c1ccccc1. The number of anilines is 1. The monoisotopic (exact) mass is 354 g/mol. The maximum absolute atomic E-state index is 13.0. The minimum atomic E-state index is -0.328. The van der Waals surface area contributed by atoms with E-state index in [0.717, 1.165) is 42.7 Å². The van der Waals surface area contributed by atoms with Gasteiger partial charge in [-0.15, -0.1) is 0 Å². The maximum atomic E-state index is 13.0. The van der Waals surface area contributed by atoms with E-state index in [-0.39, 0.29) is 23.5 Å². The lowest BCUT2D eigenvalue weighted by molar-refractivity contribution is -0.146. The highest BCUT2D eigenvalue weighted by molar-refractivity contribution is 5.90. The van der Waals surface area contributed by atoms with Gasteiger partial charge in [0.25, 0.3) is 0 Å².